The molecule has 6 heteroatoms. The number of likely N-dealkylation sites (tertiary alicyclic amines) is 1. The Morgan fingerprint density at radius 3 is 2.29 bits per heavy atom. The Morgan fingerprint density at radius 2 is 1.79 bits per heavy atom. The molecule has 0 aromatic carbocycles. The van der Waals surface area contributed by atoms with E-state index in [0.717, 1.165) is 12.8 Å². The van der Waals surface area contributed by atoms with Crippen molar-refractivity contribution in [1.82, 2.24) is 9.88 Å². The fraction of sp³-hybridized carbons (Fsp3) is 0.444. The van der Waals surface area contributed by atoms with Crippen molar-refractivity contribution in [3.8, 4) is 0 Å². The number of hydrogen-bond acceptors (Lipinski definition) is 4. The molecule has 5 atom stereocenters. The lowest BCUT2D eigenvalue weighted by Gasteiger charge is -2.38. The van der Waals surface area contributed by atoms with E-state index in [1.807, 2.05) is 0 Å². The van der Waals surface area contributed by atoms with E-state index in [9.17, 15) is 14.4 Å². The molecule has 1 aliphatic heterocycles. The maximum absolute atomic E-state index is 12.8. The molecule has 1 aromatic heterocycles. The van der Waals surface area contributed by atoms with Gasteiger partial charge in [0.05, 0.1) is 11.8 Å². The minimum Gasteiger partial charge on any atom is -0.309 e. The summed E-state index contributed by atoms with van der Waals surface area (Å²) >= 11 is 0. The molecule has 3 aliphatic carbocycles. The zero-order valence-corrected chi connectivity index (χ0v) is 13.4. The number of anilines is 1. The number of fused-ring (bicyclic) bond motifs is 1. The van der Waals surface area contributed by atoms with Gasteiger partial charge >= 0.3 is 0 Å². The Morgan fingerprint density at radius 1 is 1.17 bits per heavy atom. The first-order valence-corrected chi connectivity index (χ1v) is 8.35. The van der Waals surface area contributed by atoms with E-state index in [4.69, 9.17) is 0 Å². The van der Waals surface area contributed by atoms with Gasteiger partial charge in [0.25, 0.3) is 0 Å². The fourth-order valence-electron chi connectivity index (χ4n) is 4.26. The van der Waals surface area contributed by atoms with E-state index >= 15 is 0 Å². The molecular weight excluding hydrogens is 306 g/mol. The molecule has 0 spiro atoms. The molecule has 3 amide bonds. The number of rotatable bonds is 3. The van der Waals surface area contributed by atoms with Crippen LogP contribution in [0, 0.1) is 23.7 Å². The highest BCUT2D eigenvalue weighted by Crippen LogP contribution is 2.49. The number of pyridine rings is 1. The van der Waals surface area contributed by atoms with E-state index in [1.165, 1.54) is 4.90 Å². The van der Waals surface area contributed by atoms with Crippen molar-refractivity contribution in [2.45, 2.75) is 25.8 Å². The zero-order valence-electron chi connectivity index (χ0n) is 13.4. The van der Waals surface area contributed by atoms with Crippen LogP contribution < -0.4 is 5.32 Å². The number of hydrogen-bond donors (Lipinski definition) is 1. The van der Waals surface area contributed by atoms with Gasteiger partial charge < -0.3 is 5.32 Å². The SMILES string of the molecule is CC(C(=O)Nc1ccccn1)N1C(=O)C2C3C=CC(CC3)C2C1=O. The third kappa shape index (κ3) is 2.17. The highest BCUT2D eigenvalue weighted by molar-refractivity contribution is 6.10. The van der Waals surface area contributed by atoms with Gasteiger partial charge in [-0.15, -0.1) is 0 Å². The zero-order chi connectivity index (χ0) is 16.8. The molecule has 5 unspecified atom stereocenters. The predicted molar refractivity (Wildman–Crippen MR) is 86.5 cm³/mol. The molecule has 0 radical (unpaired) electrons. The molecule has 2 fully saturated rings. The molecule has 1 saturated heterocycles. The molecule has 2 heterocycles. The second-order valence-corrected chi connectivity index (χ2v) is 6.77. The number of aromatic nitrogens is 1. The Kier molecular flexibility index (Phi) is 3.48. The molecule has 1 N–H and O–H groups in total. The third-order valence-electron chi connectivity index (χ3n) is 5.48. The van der Waals surface area contributed by atoms with Crippen LogP contribution in [0.1, 0.15) is 19.8 Å². The minimum absolute atomic E-state index is 0.132. The van der Waals surface area contributed by atoms with Gasteiger partial charge in [-0.3, -0.25) is 19.3 Å². The fourth-order valence-corrected chi connectivity index (χ4v) is 4.26. The van der Waals surface area contributed by atoms with Crippen LogP contribution in [-0.4, -0.2) is 33.6 Å². The van der Waals surface area contributed by atoms with Crippen molar-refractivity contribution in [2.75, 3.05) is 5.32 Å². The summed E-state index contributed by atoms with van der Waals surface area (Å²) in [6.45, 7) is 1.60. The lowest BCUT2D eigenvalue weighted by atomic mass is 9.63. The molecular formula is C18H19N3O3. The molecule has 6 nitrogen and oxygen atoms in total. The molecule has 4 aliphatic rings. The maximum Gasteiger partial charge on any atom is 0.248 e. The maximum atomic E-state index is 12.8. The number of carbonyl (C=O) groups is 3. The van der Waals surface area contributed by atoms with Crippen LogP contribution in [0.5, 0.6) is 0 Å². The van der Waals surface area contributed by atoms with Crippen LogP contribution in [0.15, 0.2) is 36.5 Å². The Balaban J connectivity index is 1.55. The number of amides is 3. The first-order chi connectivity index (χ1) is 11.6. The number of carbonyl (C=O) groups excluding carboxylic acids is 3. The van der Waals surface area contributed by atoms with E-state index in [0.29, 0.717) is 5.82 Å². The van der Waals surface area contributed by atoms with E-state index in [-0.39, 0.29) is 35.5 Å². The topological polar surface area (TPSA) is 79.4 Å². The average molecular weight is 325 g/mol. The van der Waals surface area contributed by atoms with Gasteiger partial charge in [0.2, 0.25) is 17.7 Å². The summed E-state index contributed by atoms with van der Waals surface area (Å²) in [7, 11) is 0. The summed E-state index contributed by atoms with van der Waals surface area (Å²) in [6.07, 6.45) is 7.61. The lowest BCUT2D eigenvalue weighted by Crippen LogP contribution is -2.46. The van der Waals surface area contributed by atoms with Gasteiger partial charge in [-0.1, -0.05) is 18.2 Å². The largest absolute Gasteiger partial charge is 0.309 e. The van der Waals surface area contributed by atoms with Crippen molar-refractivity contribution in [3.05, 3.63) is 36.5 Å². The Bertz CT molecular complexity index is 698. The van der Waals surface area contributed by atoms with Crippen LogP contribution in [0.3, 0.4) is 0 Å². The summed E-state index contributed by atoms with van der Waals surface area (Å²) in [5.41, 5.74) is 0. The molecule has 1 saturated carbocycles. The predicted octanol–water partition coefficient (Wildman–Crippen LogP) is 1.61. The van der Waals surface area contributed by atoms with E-state index in [2.05, 4.69) is 22.5 Å². The van der Waals surface area contributed by atoms with Crippen LogP contribution in [0.25, 0.3) is 0 Å². The molecule has 2 bridgehead atoms. The van der Waals surface area contributed by atoms with Crippen molar-refractivity contribution in [2.24, 2.45) is 23.7 Å². The van der Waals surface area contributed by atoms with Crippen LogP contribution in [0.2, 0.25) is 0 Å². The standard InChI is InChI=1S/C18H19N3O3/c1-10(16(22)20-13-4-2-3-9-19-13)21-17(23)14-11-5-6-12(8-7-11)15(14)18(21)24/h2-6,9-12,14-15H,7-8H2,1H3,(H,19,20,22). The Hall–Kier alpha value is -2.50. The van der Waals surface area contributed by atoms with Crippen molar-refractivity contribution >= 4 is 23.5 Å². The molecule has 124 valence electrons. The van der Waals surface area contributed by atoms with Crippen LogP contribution >= 0.6 is 0 Å². The highest BCUT2D eigenvalue weighted by Gasteiger charge is 2.58. The van der Waals surface area contributed by atoms with Crippen molar-refractivity contribution in [1.29, 1.82) is 0 Å². The second-order valence-electron chi connectivity index (χ2n) is 6.77. The van der Waals surface area contributed by atoms with Gasteiger partial charge in [0.1, 0.15) is 11.9 Å². The summed E-state index contributed by atoms with van der Waals surface area (Å²) in [4.78, 5) is 43.3. The average Bonchev–Trinajstić information content (AvgIpc) is 2.89. The third-order valence-corrected chi connectivity index (χ3v) is 5.48. The van der Waals surface area contributed by atoms with Crippen molar-refractivity contribution in [3.63, 3.8) is 0 Å². The number of nitrogens with zero attached hydrogens (tertiary/aromatic N) is 2. The van der Waals surface area contributed by atoms with Gasteiger partial charge in [-0.2, -0.15) is 0 Å². The summed E-state index contributed by atoms with van der Waals surface area (Å²) in [5, 5.41) is 2.67. The summed E-state index contributed by atoms with van der Waals surface area (Å²) in [6, 6.07) is 4.34. The second kappa shape index (κ2) is 5.54. The first kappa shape index (κ1) is 15.1. The van der Waals surface area contributed by atoms with Gasteiger partial charge in [-0.05, 0) is 43.7 Å². The minimum atomic E-state index is -0.836. The van der Waals surface area contributed by atoms with Crippen molar-refractivity contribution < 1.29 is 14.4 Å². The summed E-state index contributed by atoms with van der Waals surface area (Å²) in [5.74, 6) is -0.694. The lowest BCUT2D eigenvalue weighted by molar-refractivity contribution is -0.146. The first-order valence-electron chi connectivity index (χ1n) is 8.35. The smallest absolute Gasteiger partial charge is 0.248 e. The van der Waals surface area contributed by atoms with Crippen LogP contribution in [-0.2, 0) is 14.4 Å². The molecule has 5 rings (SSSR count). The van der Waals surface area contributed by atoms with E-state index < -0.39 is 11.9 Å². The molecule has 1 aromatic rings. The quantitative estimate of drug-likeness (QED) is 0.676. The van der Waals surface area contributed by atoms with Gasteiger partial charge in [0.15, 0.2) is 0 Å². The Labute approximate surface area is 139 Å². The molecule has 24 heavy (non-hydrogen) atoms. The van der Waals surface area contributed by atoms with E-state index in [1.54, 1.807) is 31.3 Å². The monoisotopic (exact) mass is 325 g/mol. The highest BCUT2D eigenvalue weighted by atomic mass is 16.2. The van der Waals surface area contributed by atoms with Gasteiger partial charge in [0, 0.05) is 6.20 Å². The van der Waals surface area contributed by atoms with Gasteiger partial charge in [-0.25, -0.2) is 4.98 Å². The normalized spacial score (nSPS) is 32.0. The van der Waals surface area contributed by atoms with Crippen LogP contribution in [0.4, 0.5) is 5.82 Å². The summed E-state index contributed by atoms with van der Waals surface area (Å²) < 4.78 is 0. The number of allylic oxidation sites excluding steroid dienone is 2. The number of imide groups is 1. The number of nitrogens with one attached hydrogen (secondary N) is 1.